The molecule has 2 saturated heterocycles. The molecule has 5 nitrogen and oxygen atoms in total. The molecule has 0 aromatic rings. The summed E-state index contributed by atoms with van der Waals surface area (Å²) < 4.78 is 0. The van der Waals surface area contributed by atoms with Crippen molar-refractivity contribution in [1.82, 2.24) is 10.6 Å². The van der Waals surface area contributed by atoms with E-state index in [1.807, 2.05) is 0 Å². The fourth-order valence-electron chi connectivity index (χ4n) is 1.14. The van der Waals surface area contributed by atoms with E-state index in [9.17, 15) is 9.59 Å². The van der Waals surface area contributed by atoms with Crippen LogP contribution in [0.3, 0.4) is 0 Å². The largest absolute Gasteiger partial charge is 0.480 e. The van der Waals surface area contributed by atoms with Crippen LogP contribution in [0.1, 0.15) is 19.8 Å². The zero-order valence-electron chi connectivity index (χ0n) is 8.25. The molecule has 2 heterocycles. The summed E-state index contributed by atoms with van der Waals surface area (Å²) in [6.45, 7) is 3.50. The molecular weight excluding hydrogens is 184 g/mol. The van der Waals surface area contributed by atoms with Crippen LogP contribution in [0.4, 0.5) is 0 Å². The summed E-state index contributed by atoms with van der Waals surface area (Å²) in [6, 6.07) is -0.0556. The van der Waals surface area contributed by atoms with Crippen LogP contribution < -0.4 is 10.6 Å². The highest BCUT2D eigenvalue weighted by Crippen LogP contribution is 2.01. The van der Waals surface area contributed by atoms with Crippen LogP contribution >= 0.6 is 0 Å². The Labute approximate surface area is 82.9 Å². The van der Waals surface area contributed by atoms with E-state index in [1.54, 1.807) is 6.92 Å². The van der Waals surface area contributed by atoms with Crippen molar-refractivity contribution in [2.24, 2.45) is 0 Å². The van der Waals surface area contributed by atoms with Gasteiger partial charge in [-0.1, -0.05) is 0 Å². The van der Waals surface area contributed by atoms with Crippen LogP contribution in [0, 0.1) is 0 Å². The number of carboxylic acids is 1. The number of hydrogen-bond acceptors (Lipinski definition) is 4. The van der Waals surface area contributed by atoms with Gasteiger partial charge in [-0.05, 0) is 32.9 Å². The van der Waals surface area contributed by atoms with Crippen LogP contribution in [0.2, 0.25) is 0 Å². The minimum Gasteiger partial charge on any atom is -0.480 e. The summed E-state index contributed by atoms with van der Waals surface area (Å²) >= 11 is 0. The number of carbonyl (C=O) groups excluding carboxylic acids is 1. The Morgan fingerprint density at radius 1 is 1.14 bits per heavy atom. The molecule has 80 valence electrons. The summed E-state index contributed by atoms with van der Waals surface area (Å²) in [6.07, 6.45) is 1.82. The van der Waals surface area contributed by atoms with Crippen molar-refractivity contribution in [3.05, 3.63) is 0 Å². The predicted octanol–water partition coefficient (Wildman–Crippen LogP) is -0.630. The Bertz CT molecular complexity index is 198. The van der Waals surface area contributed by atoms with Crippen LogP contribution in [-0.2, 0) is 9.59 Å². The fraction of sp³-hybridized carbons (Fsp3) is 0.778. The smallest absolute Gasteiger partial charge is 0.320 e. The maximum atomic E-state index is 10.4. The molecule has 2 aliphatic heterocycles. The lowest BCUT2D eigenvalue weighted by atomic mass is 10.0. The number of carbonyl (C=O) groups is 2. The number of nitrogens with one attached hydrogen (secondary N) is 2. The maximum Gasteiger partial charge on any atom is 0.320 e. The van der Waals surface area contributed by atoms with E-state index in [-0.39, 0.29) is 17.9 Å². The molecule has 2 aliphatic rings. The fourth-order valence-corrected chi connectivity index (χ4v) is 1.14. The molecule has 0 aromatic heterocycles. The minimum absolute atomic E-state index is 0.194. The van der Waals surface area contributed by atoms with Gasteiger partial charge >= 0.3 is 5.97 Å². The second kappa shape index (κ2) is 5.07. The number of carboxylic acid groups (broad SMARTS) is 1. The van der Waals surface area contributed by atoms with E-state index in [4.69, 9.17) is 5.11 Å². The highest BCUT2D eigenvalue weighted by Gasteiger charge is 2.22. The van der Waals surface area contributed by atoms with E-state index in [0.717, 1.165) is 25.9 Å². The molecule has 0 spiro atoms. The topological polar surface area (TPSA) is 78.4 Å². The van der Waals surface area contributed by atoms with Gasteiger partial charge in [0.15, 0.2) is 0 Å². The third-order valence-corrected chi connectivity index (χ3v) is 2.44. The Kier molecular flexibility index (Phi) is 4.03. The molecule has 2 rings (SSSR count). The third kappa shape index (κ3) is 3.08. The monoisotopic (exact) mass is 200 g/mol. The van der Waals surface area contributed by atoms with Crippen LogP contribution in [0.25, 0.3) is 0 Å². The zero-order valence-corrected chi connectivity index (χ0v) is 8.25. The predicted molar refractivity (Wildman–Crippen MR) is 51.1 cm³/mol. The normalized spacial score (nSPS) is 28.9. The molecule has 0 radical (unpaired) electrons. The van der Waals surface area contributed by atoms with E-state index < -0.39 is 5.97 Å². The lowest BCUT2D eigenvalue weighted by Gasteiger charge is -2.24. The molecular formula is C9H16N2O3. The maximum absolute atomic E-state index is 10.4. The minimum atomic E-state index is -0.730. The molecule has 3 N–H and O–H groups in total. The lowest BCUT2D eigenvalue weighted by molar-refractivity contribution is -0.141. The van der Waals surface area contributed by atoms with Crippen molar-refractivity contribution in [1.29, 1.82) is 0 Å². The molecule has 0 bridgehead atoms. The van der Waals surface area contributed by atoms with Gasteiger partial charge in [-0.25, -0.2) is 0 Å². The summed E-state index contributed by atoms with van der Waals surface area (Å²) in [5.74, 6) is -0.461. The number of Topliss-reactive ketones (excluding diaryl/α,β-unsaturated/α-hetero) is 1. The molecule has 2 fully saturated rings. The summed E-state index contributed by atoms with van der Waals surface area (Å²) in [7, 11) is 0. The van der Waals surface area contributed by atoms with Gasteiger partial charge in [-0.3, -0.25) is 9.59 Å². The van der Waals surface area contributed by atoms with Gasteiger partial charge in [-0.15, -0.1) is 0 Å². The Hall–Kier alpha value is -0.940. The SMILES string of the molecule is CC(=O)[C@@H]1CCN1.O=C(O)C1CCN1. The average Bonchev–Trinajstić information content (AvgIpc) is 1.74. The lowest BCUT2D eigenvalue weighted by Crippen LogP contribution is -2.48. The molecule has 14 heavy (non-hydrogen) atoms. The first-order valence-electron chi connectivity index (χ1n) is 4.81. The Balaban J connectivity index is 0.000000140. The first-order chi connectivity index (χ1) is 6.61. The van der Waals surface area contributed by atoms with E-state index >= 15 is 0 Å². The van der Waals surface area contributed by atoms with Crippen molar-refractivity contribution in [3.63, 3.8) is 0 Å². The van der Waals surface area contributed by atoms with Gasteiger partial charge < -0.3 is 15.7 Å². The second-order valence-electron chi connectivity index (χ2n) is 3.54. The van der Waals surface area contributed by atoms with E-state index in [1.165, 1.54) is 0 Å². The van der Waals surface area contributed by atoms with Crippen molar-refractivity contribution < 1.29 is 14.7 Å². The molecule has 2 atom stereocenters. The molecule has 0 amide bonds. The van der Waals surface area contributed by atoms with Gasteiger partial charge in [0.05, 0.1) is 6.04 Å². The van der Waals surface area contributed by atoms with Crippen molar-refractivity contribution in [2.75, 3.05) is 13.1 Å². The zero-order chi connectivity index (χ0) is 10.6. The van der Waals surface area contributed by atoms with Crippen LogP contribution in [-0.4, -0.2) is 42.0 Å². The number of aliphatic carboxylic acids is 1. The summed E-state index contributed by atoms with van der Waals surface area (Å²) in [5, 5.41) is 13.9. The number of ketones is 1. The number of hydrogen-bond donors (Lipinski definition) is 3. The van der Waals surface area contributed by atoms with E-state index in [0.29, 0.717) is 0 Å². The van der Waals surface area contributed by atoms with Crippen LogP contribution in [0.5, 0.6) is 0 Å². The molecule has 0 saturated carbocycles. The molecule has 1 unspecified atom stereocenters. The first kappa shape index (κ1) is 11.1. The highest BCUT2D eigenvalue weighted by atomic mass is 16.4. The average molecular weight is 200 g/mol. The van der Waals surface area contributed by atoms with Crippen LogP contribution in [0.15, 0.2) is 0 Å². The van der Waals surface area contributed by atoms with Crippen molar-refractivity contribution >= 4 is 11.8 Å². The Morgan fingerprint density at radius 2 is 1.57 bits per heavy atom. The van der Waals surface area contributed by atoms with Gasteiger partial charge in [0.1, 0.15) is 11.8 Å². The highest BCUT2D eigenvalue weighted by molar-refractivity contribution is 5.82. The quantitative estimate of drug-likeness (QED) is 0.553. The van der Waals surface area contributed by atoms with Gasteiger partial charge in [-0.2, -0.15) is 0 Å². The van der Waals surface area contributed by atoms with Crippen molar-refractivity contribution in [2.45, 2.75) is 31.8 Å². The first-order valence-corrected chi connectivity index (χ1v) is 4.81. The Morgan fingerprint density at radius 3 is 1.57 bits per heavy atom. The third-order valence-electron chi connectivity index (χ3n) is 2.44. The van der Waals surface area contributed by atoms with Gasteiger partial charge in [0.2, 0.25) is 0 Å². The number of rotatable bonds is 2. The summed E-state index contributed by atoms with van der Waals surface area (Å²) in [5.41, 5.74) is 0. The molecule has 0 aliphatic carbocycles. The molecule has 0 aromatic carbocycles. The second-order valence-corrected chi connectivity index (χ2v) is 3.54. The van der Waals surface area contributed by atoms with Gasteiger partial charge in [0, 0.05) is 0 Å². The summed E-state index contributed by atoms with van der Waals surface area (Å²) in [4.78, 5) is 20.3. The van der Waals surface area contributed by atoms with Gasteiger partial charge in [0.25, 0.3) is 0 Å². The van der Waals surface area contributed by atoms with E-state index in [2.05, 4.69) is 10.6 Å². The van der Waals surface area contributed by atoms with Crippen molar-refractivity contribution in [3.8, 4) is 0 Å². The standard InChI is InChI=1S/C5H9NO.C4H7NO2/c1-4(7)5-2-3-6-5;6-4(7)3-1-2-5-3/h5-6H,2-3H2,1H3;3,5H,1-2H2,(H,6,7)/t5-;/m0./s1. The molecule has 5 heteroatoms.